The Hall–Kier alpha value is -1.96. The molecule has 0 bridgehead atoms. The number of amides is 2. The van der Waals surface area contributed by atoms with E-state index in [1.165, 1.54) is 4.68 Å². The molecule has 0 saturated carbocycles. The van der Waals surface area contributed by atoms with E-state index >= 15 is 0 Å². The third-order valence-electron chi connectivity index (χ3n) is 3.17. The van der Waals surface area contributed by atoms with Gasteiger partial charge in [-0.25, -0.2) is 0 Å². The van der Waals surface area contributed by atoms with Gasteiger partial charge in [-0.1, -0.05) is 5.21 Å². The van der Waals surface area contributed by atoms with Crippen molar-refractivity contribution in [3.8, 4) is 0 Å². The second-order valence-corrected chi connectivity index (χ2v) is 4.97. The normalized spacial score (nSPS) is 16.5. The molecule has 8 heteroatoms. The summed E-state index contributed by atoms with van der Waals surface area (Å²) in [6.45, 7) is 4.14. The molecule has 20 heavy (non-hydrogen) atoms. The van der Waals surface area contributed by atoms with Crippen molar-refractivity contribution in [2.45, 2.75) is 32.4 Å². The van der Waals surface area contributed by atoms with E-state index < -0.39 is 0 Å². The Labute approximate surface area is 117 Å². The van der Waals surface area contributed by atoms with Crippen LogP contribution in [0.1, 0.15) is 30.3 Å². The number of aromatic nitrogens is 3. The minimum atomic E-state index is -0.285. The van der Waals surface area contributed by atoms with E-state index in [9.17, 15) is 9.59 Å². The van der Waals surface area contributed by atoms with Gasteiger partial charge in [0.2, 0.25) is 5.91 Å². The number of nitrogens with zero attached hydrogens (tertiary/aromatic N) is 4. The number of rotatable bonds is 6. The van der Waals surface area contributed by atoms with Gasteiger partial charge in [0, 0.05) is 32.1 Å². The molecule has 2 rings (SSSR count). The molecule has 2 heterocycles. The van der Waals surface area contributed by atoms with Crippen LogP contribution in [0.15, 0.2) is 6.20 Å². The summed E-state index contributed by atoms with van der Waals surface area (Å²) < 4.78 is 1.53. The molecule has 1 fully saturated rings. The van der Waals surface area contributed by atoms with Crippen molar-refractivity contribution in [2.24, 2.45) is 5.73 Å². The lowest BCUT2D eigenvalue weighted by Gasteiger charge is -2.21. The molecule has 8 nitrogen and oxygen atoms in total. The van der Waals surface area contributed by atoms with Crippen LogP contribution in [0.2, 0.25) is 0 Å². The van der Waals surface area contributed by atoms with E-state index in [2.05, 4.69) is 15.6 Å². The van der Waals surface area contributed by atoms with Crippen molar-refractivity contribution in [3.05, 3.63) is 11.9 Å². The molecule has 1 saturated heterocycles. The Morgan fingerprint density at radius 2 is 2.40 bits per heavy atom. The summed E-state index contributed by atoms with van der Waals surface area (Å²) in [5.41, 5.74) is 5.67. The summed E-state index contributed by atoms with van der Waals surface area (Å²) in [5.74, 6) is -0.132. The van der Waals surface area contributed by atoms with Crippen molar-refractivity contribution in [1.82, 2.24) is 25.2 Å². The molecule has 0 aliphatic carbocycles. The highest BCUT2D eigenvalue weighted by Gasteiger charge is 2.23. The molecule has 1 unspecified atom stereocenters. The maximum atomic E-state index is 12.0. The van der Waals surface area contributed by atoms with Crippen molar-refractivity contribution in [3.63, 3.8) is 0 Å². The smallest absolute Gasteiger partial charge is 0.273 e. The Bertz CT molecular complexity index is 486. The first-order chi connectivity index (χ1) is 9.60. The van der Waals surface area contributed by atoms with Gasteiger partial charge in [-0.15, -0.1) is 5.10 Å². The van der Waals surface area contributed by atoms with E-state index in [0.717, 1.165) is 13.0 Å². The van der Waals surface area contributed by atoms with Crippen LogP contribution in [-0.2, 0) is 11.3 Å². The van der Waals surface area contributed by atoms with Crippen LogP contribution in [-0.4, -0.2) is 57.4 Å². The molecule has 0 radical (unpaired) electrons. The Morgan fingerprint density at radius 1 is 1.60 bits per heavy atom. The second kappa shape index (κ2) is 6.47. The summed E-state index contributed by atoms with van der Waals surface area (Å²) in [6.07, 6.45) is 3.07. The Morgan fingerprint density at radius 3 is 3.05 bits per heavy atom. The SMILES string of the molecule is CC(CN1CCCC1=O)NC(=O)c1cn(CCN)nn1. The van der Waals surface area contributed by atoms with Crippen LogP contribution in [0.25, 0.3) is 0 Å². The van der Waals surface area contributed by atoms with Crippen LogP contribution in [0, 0.1) is 0 Å². The lowest BCUT2D eigenvalue weighted by Crippen LogP contribution is -2.42. The molecule has 3 N–H and O–H groups in total. The summed E-state index contributed by atoms with van der Waals surface area (Å²) in [4.78, 5) is 25.3. The van der Waals surface area contributed by atoms with E-state index in [-0.39, 0.29) is 23.6 Å². The Balaban J connectivity index is 1.84. The zero-order valence-corrected chi connectivity index (χ0v) is 11.6. The highest BCUT2D eigenvalue weighted by atomic mass is 16.2. The van der Waals surface area contributed by atoms with Gasteiger partial charge < -0.3 is 16.0 Å². The molecule has 1 aromatic heterocycles. The van der Waals surface area contributed by atoms with E-state index in [1.54, 1.807) is 11.1 Å². The van der Waals surface area contributed by atoms with Gasteiger partial charge in [0.1, 0.15) is 0 Å². The summed E-state index contributed by atoms with van der Waals surface area (Å²) >= 11 is 0. The fourth-order valence-corrected chi connectivity index (χ4v) is 2.22. The zero-order chi connectivity index (χ0) is 14.5. The predicted molar refractivity (Wildman–Crippen MR) is 71.8 cm³/mol. The number of hydrogen-bond acceptors (Lipinski definition) is 5. The standard InChI is InChI=1S/C12H20N6O2/c1-9(7-17-5-2-3-11(17)19)14-12(20)10-8-18(6-4-13)16-15-10/h8-9H,2-7,13H2,1H3,(H,14,20). The zero-order valence-electron chi connectivity index (χ0n) is 11.6. The minimum Gasteiger partial charge on any atom is -0.346 e. The fourth-order valence-electron chi connectivity index (χ4n) is 2.22. The van der Waals surface area contributed by atoms with Gasteiger partial charge >= 0.3 is 0 Å². The van der Waals surface area contributed by atoms with Gasteiger partial charge in [0.15, 0.2) is 5.69 Å². The lowest BCUT2D eigenvalue weighted by molar-refractivity contribution is -0.127. The van der Waals surface area contributed by atoms with Gasteiger partial charge in [0.05, 0.1) is 12.7 Å². The first-order valence-corrected chi connectivity index (χ1v) is 6.79. The van der Waals surface area contributed by atoms with Crippen molar-refractivity contribution < 1.29 is 9.59 Å². The molecule has 110 valence electrons. The molecular formula is C12H20N6O2. The first kappa shape index (κ1) is 14.4. The van der Waals surface area contributed by atoms with Crippen LogP contribution in [0.4, 0.5) is 0 Å². The number of nitrogens with two attached hydrogens (primary N) is 1. The number of hydrogen-bond donors (Lipinski definition) is 2. The molecule has 1 atom stereocenters. The monoisotopic (exact) mass is 280 g/mol. The largest absolute Gasteiger partial charge is 0.346 e. The molecule has 1 aromatic rings. The Kier molecular flexibility index (Phi) is 4.67. The van der Waals surface area contributed by atoms with Crippen molar-refractivity contribution in [2.75, 3.05) is 19.6 Å². The van der Waals surface area contributed by atoms with Crippen molar-refractivity contribution in [1.29, 1.82) is 0 Å². The number of carbonyl (C=O) groups excluding carboxylic acids is 2. The van der Waals surface area contributed by atoms with Crippen LogP contribution >= 0.6 is 0 Å². The fraction of sp³-hybridized carbons (Fsp3) is 0.667. The molecule has 1 aliphatic rings. The van der Waals surface area contributed by atoms with Crippen LogP contribution in [0.3, 0.4) is 0 Å². The minimum absolute atomic E-state index is 0.121. The maximum Gasteiger partial charge on any atom is 0.273 e. The maximum absolute atomic E-state index is 12.0. The molecule has 2 amide bonds. The summed E-state index contributed by atoms with van der Waals surface area (Å²) in [5, 5.41) is 10.4. The van der Waals surface area contributed by atoms with E-state index in [0.29, 0.717) is 26.1 Å². The quantitative estimate of drug-likeness (QED) is 0.693. The average molecular weight is 280 g/mol. The second-order valence-electron chi connectivity index (χ2n) is 4.97. The highest BCUT2D eigenvalue weighted by molar-refractivity contribution is 5.92. The predicted octanol–water partition coefficient (Wildman–Crippen LogP) is -1.02. The van der Waals surface area contributed by atoms with E-state index in [1.807, 2.05) is 6.92 Å². The molecule has 0 aromatic carbocycles. The van der Waals surface area contributed by atoms with Gasteiger partial charge in [-0.2, -0.15) is 0 Å². The third kappa shape index (κ3) is 3.53. The molecule has 1 aliphatic heterocycles. The summed E-state index contributed by atoms with van der Waals surface area (Å²) in [6, 6.07) is -0.121. The number of likely N-dealkylation sites (tertiary alicyclic amines) is 1. The molecular weight excluding hydrogens is 260 g/mol. The average Bonchev–Trinajstić information content (AvgIpc) is 3.00. The topological polar surface area (TPSA) is 106 Å². The number of carbonyl (C=O) groups is 2. The molecule has 0 spiro atoms. The number of nitrogens with one attached hydrogen (secondary N) is 1. The van der Waals surface area contributed by atoms with Gasteiger partial charge in [-0.3, -0.25) is 14.3 Å². The van der Waals surface area contributed by atoms with Crippen molar-refractivity contribution >= 4 is 11.8 Å². The first-order valence-electron chi connectivity index (χ1n) is 6.79. The third-order valence-corrected chi connectivity index (χ3v) is 3.17. The summed E-state index contributed by atoms with van der Waals surface area (Å²) in [7, 11) is 0. The van der Waals surface area contributed by atoms with Crippen LogP contribution < -0.4 is 11.1 Å². The van der Waals surface area contributed by atoms with Crippen LogP contribution in [0.5, 0.6) is 0 Å². The van der Waals surface area contributed by atoms with Gasteiger partial charge in [-0.05, 0) is 13.3 Å². The van der Waals surface area contributed by atoms with E-state index in [4.69, 9.17) is 5.73 Å². The lowest BCUT2D eigenvalue weighted by atomic mass is 10.3. The van der Waals surface area contributed by atoms with Gasteiger partial charge in [0.25, 0.3) is 5.91 Å². The highest BCUT2D eigenvalue weighted by Crippen LogP contribution is 2.09.